The van der Waals surface area contributed by atoms with Gasteiger partial charge < -0.3 is 20.9 Å². The molecule has 0 bridgehead atoms. The smallest absolute Gasteiger partial charge is 0.127 e. The standard InChI is InChI=1S/C31H50N6S.2C2H6/c1-9-25(31(7,21-30(4,5)6)26-12-11-15-34-28(26)32)13-16-33-17-19-37-22-35-29-27(23(37)3)24(20-38-29)14-18-36(8)10-2;2*1-2/h11-12,15,20,22,25,33H,3,9-10,13-14,16-19,21H2,1-2,4-8H3,(H2,32,34);2*1-2H3/p+1. The van der Waals surface area contributed by atoms with Crippen LogP contribution in [0.3, 0.4) is 0 Å². The molecule has 0 saturated carbocycles. The van der Waals surface area contributed by atoms with Gasteiger partial charge in [0.1, 0.15) is 10.8 Å². The molecule has 0 aliphatic carbocycles. The molecule has 1 aliphatic heterocycles. The Morgan fingerprint density at radius 1 is 1.12 bits per heavy atom. The molecule has 0 spiro atoms. The molecule has 3 heterocycles. The van der Waals surface area contributed by atoms with Crippen LogP contribution in [0.4, 0.5) is 10.8 Å². The molecule has 2 atom stereocenters. The predicted octanol–water partition coefficient (Wildman–Crippen LogP) is 7.59. The number of quaternary nitrogens is 1. The second kappa shape index (κ2) is 18.4. The van der Waals surface area contributed by atoms with Crippen LogP contribution in [0.15, 0.2) is 35.3 Å². The number of thiophene rings is 1. The highest BCUT2D eigenvalue weighted by Gasteiger charge is 2.39. The molecular weight excluding hydrogens is 536 g/mol. The Kier molecular flexibility index (Phi) is 16.6. The number of nitrogen functional groups attached to an aromatic ring is 1. The third-order valence-electron chi connectivity index (χ3n) is 8.14. The van der Waals surface area contributed by atoms with E-state index in [9.17, 15) is 0 Å². The van der Waals surface area contributed by atoms with Crippen LogP contribution in [-0.4, -0.2) is 60.9 Å². The number of anilines is 1. The van der Waals surface area contributed by atoms with E-state index in [-0.39, 0.29) is 10.8 Å². The molecule has 3 rings (SSSR count). The van der Waals surface area contributed by atoms with E-state index in [1.54, 1.807) is 17.5 Å². The van der Waals surface area contributed by atoms with Crippen LogP contribution in [0, 0.1) is 11.3 Å². The molecule has 1 aliphatic rings. The topological polar surface area (TPSA) is 74.4 Å². The highest BCUT2D eigenvalue weighted by atomic mass is 32.1. The number of pyridine rings is 1. The molecule has 6 nitrogen and oxygen atoms in total. The van der Waals surface area contributed by atoms with Crippen LogP contribution in [-0.2, 0) is 11.8 Å². The average Bonchev–Trinajstić information content (AvgIpc) is 3.39. The summed E-state index contributed by atoms with van der Waals surface area (Å²) in [5.41, 5.74) is 11.5. The van der Waals surface area contributed by atoms with Crippen molar-refractivity contribution in [3.8, 4) is 0 Å². The second-order valence-electron chi connectivity index (χ2n) is 12.3. The lowest BCUT2D eigenvalue weighted by atomic mass is 9.62. The fourth-order valence-electron chi connectivity index (χ4n) is 6.10. The third kappa shape index (κ3) is 10.5. The van der Waals surface area contributed by atoms with E-state index in [0.717, 1.165) is 69.1 Å². The van der Waals surface area contributed by atoms with Gasteiger partial charge >= 0.3 is 0 Å². The van der Waals surface area contributed by atoms with Gasteiger partial charge in [-0.1, -0.05) is 88.3 Å². The van der Waals surface area contributed by atoms with Crippen molar-refractivity contribution in [3.05, 3.63) is 47.0 Å². The lowest BCUT2D eigenvalue weighted by Crippen LogP contribution is -2.86. The van der Waals surface area contributed by atoms with Crippen LogP contribution < -0.4 is 11.1 Å². The molecule has 0 aromatic carbocycles. The van der Waals surface area contributed by atoms with E-state index in [1.807, 2.05) is 40.1 Å². The molecule has 0 saturated heterocycles. The van der Waals surface area contributed by atoms with Gasteiger partial charge in [-0.3, -0.25) is 0 Å². The van der Waals surface area contributed by atoms with Gasteiger partial charge in [0.05, 0.1) is 26.0 Å². The SMILES string of the molecule is C=C1c2c(CCN(C)CC)csc2N=CN1CC[NH2+]CCC(CC)C(C)(CC(C)(C)C)c1cccnc1N.CC.CC. The van der Waals surface area contributed by atoms with Crippen molar-refractivity contribution < 1.29 is 5.32 Å². The molecular formula is C35H63N6S+. The number of nitrogens with two attached hydrogens (primary N) is 2. The van der Waals surface area contributed by atoms with Crippen molar-refractivity contribution in [1.82, 2.24) is 14.8 Å². The van der Waals surface area contributed by atoms with Crippen molar-refractivity contribution in [1.29, 1.82) is 0 Å². The number of nitrogens with zero attached hydrogens (tertiary/aromatic N) is 4. The maximum Gasteiger partial charge on any atom is 0.127 e. The number of rotatable bonds is 14. The molecule has 2 aromatic rings. The molecule has 4 N–H and O–H groups in total. The predicted molar refractivity (Wildman–Crippen MR) is 188 cm³/mol. The summed E-state index contributed by atoms with van der Waals surface area (Å²) >= 11 is 1.73. The second-order valence-corrected chi connectivity index (χ2v) is 13.2. The fraction of sp³-hybridized carbons (Fsp3) is 0.657. The highest BCUT2D eigenvalue weighted by Crippen LogP contribution is 2.46. The Morgan fingerprint density at radius 3 is 2.40 bits per heavy atom. The van der Waals surface area contributed by atoms with Gasteiger partial charge in [-0.15, -0.1) is 11.3 Å². The summed E-state index contributed by atoms with van der Waals surface area (Å²) < 4.78 is 0. The molecule has 2 unspecified atom stereocenters. The van der Waals surface area contributed by atoms with Crippen molar-refractivity contribution in [2.24, 2.45) is 16.3 Å². The van der Waals surface area contributed by atoms with Gasteiger partial charge in [0, 0.05) is 36.0 Å². The summed E-state index contributed by atoms with van der Waals surface area (Å²) in [4.78, 5) is 13.8. The maximum absolute atomic E-state index is 6.42. The van der Waals surface area contributed by atoms with Crippen LogP contribution in [0.2, 0.25) is 0 Å². The van der Waals surface area contributed by atoms with Crippen LogP contribution in [0.5, 0.6) is 0 Å². The summed E-state index contributed by atoms with van der Waals surface area (Å²) in [6, 6.07) is 4.22. The van der Waals surface area contributed by atoms with Crippen molar-refractivity contribution in [2.45, 2.75) is 100 Å². The summed E-state index contributed by atoms with van der Waals surface area (Å²) in [5.74, 6) is 1.21. The normalized spacial score (nSPS) is 14.9. The summed E-state index contributed by atoms with van der Waals surface area (Å²) in [6.45, 7) is 31.5. The van der Waals surface area contributed by atoms with E-state index < -0.39 is 0 Å². The first kappa shape index (κ1) is 37.8. The molecule has 7 heteroatoms. The number of fused-ring (bicyclic) bond motifs is 1. The number of aromatic nitrogens is 1. The molecule has 0 amide bonds. The van der Waals surface area contributed by atoms with E-state index in [2.05, 4.69) is 86.7 Å². The zero-order valence-corrected chi connectivity index (χ0v) is 29.7. The molecule has 2 aromatic heterocycles. The van der Waals surface area contributed by atoms with Gasteiger partial charge in [-0.2, -0.15) is 0 Å². The van der Waals surface area contributed by atoms with Gasteiger partial charge in [0.25, 0.3) is 0 Å². The number of likely N-dealkylation sites (N-methyl/N-ethyl adjacent to an activating group) is 1. The number of hydrogen-bond acceptors (Lipinski definition) is 6. The molecule has 238 valence electrons. The van der Waals surface area contributed by atoms with Gasteiger partial charge in [-0.25, -0.2) is 9.98 Å². The minimum atomic E-state index is -0.00933. The first-order chi connectivity index (χ1) is 20.0. The Hall–Kier alpha value is -2.22. The van der Waals surface area contributed by atoms with E-state index >= 15 is 0 Å². The lowest BCUT2D eigenvalue weighted by molar-refractivity contribution is -0.655. The largest absolute Gasteiger partial charge is 0.383 e. The average molecular weight is 600 g/mol. The minimum absolute atomic E-state index is 0.00933. The molecule has 0 fully saturated rings. The summed E-state index contributed by atoms with van der Waals surface area (Å²) in [7, 11) is 2.18. The quantitative estimate of drug-likeness (QED) is 0.219. The summed E-state index contributed by atoms with van der Waals surface area (Å²) in [5, 5.41) is 5.82. The van der Waals surface area contributed by atoms with Crippen molar-refractivity contribution in [2.75, 3.05) is 45.5 Å². The Labute approximate surface area is 262 Å². The first-order valence-corrected chi connectivity index (χ1v) is 17.2. The fourth-order valence-corrected chi connectivity index (χ4v) is 7.06. The zero-order valence-electron chi connectivity index (χ0n) is 28.9. The third-order valence-corrected chi connectivity index (χ3v) is 9.07. The van der Waals surface area contributed by atoms with E-state index in [0.29, 0.717) is 11.7 Å². The van der Waals surface area contributed by atoms with Crippen molar-refractivity contribution in [3.63, 3.8) is 0 Å². The first-order valence-electron chi connectivity index (χ1n) is 16.3. The van der Waals surface area contributed by atoms with Crippen LogP contribution >= 0.6 is 11.3 Å². The molecule has 42 heavy (non-hydrogen) atoms. The van der Waals surface area contributed by atoms with E-state index in [4.69, 9.17) is 10.7 Å². The van der Waals surface area contributed by atoms with Crippen molar-refractivity contribution >= 4 is 34.2 Å². The molecule has 0 radical (unpaired) electrons. The Morgan fingerprint density at radius 2 is 1.81 bits per heavy atom. The minimum Gasteiger partial charge on any atom is -0.383 e. The Bertz CT molecular complexity index is 1090. The lowest BCUT2D eigenvalue weighted by Gasteiger charge is -2.42. The van der Waals surface area contributed by atoms with Gasteiger partial charge in [0.15, 0.2) is 0 Å². The Balaban J connectivity index is 0.00000211. The monoisotopic (exact) mass is 599 g/mol. The van der Waals surface area contributed by atoms with Gasteiger partial charge in [0.2, 0.25) is 0 Å². The van der Waals surface area contributed by atoms with Crippen LogP contribution in [0.25, 0.3) is 5.70 Å². The van der Waals surface area contributed by atoms with E-state index in [1.165, 1.54) is 16.7 Å². The van der Waals surface area contributed by atoms with Crippen LogP contribution in [0.1, 0.15) is 105 Å². The summed E-state index contributed by atoms with van der Waals surface area (Å²) in [6.07, 6.45) is 8.17. The number of hydrogen-bond donors (Lipinski definition) is 2. The number of aliphatic imine (C=N–C) groups is 1. The zero-order chi connectivity index (χ0) is 31.9. The maximum atomic E-state index is 6.42. The van der Waals surface area contributed by atoms with Gasteiger partial charge in [-0.05, 0) is 60.2 Å². The highest BCUT2D eigenvalue weighted by molar-refractivity contribution is 7.14.